The number of rotatable bonds is 5. The molecular formula is C16H17ClN2O2S2. The third kappa shape index (κ3) is 3.88. The first-order chi connectivity index (χ1) is 11.1. The molecule has 1 aromatic carbocycles. The van der Waals surface area contributed by atoms with Crippen molar-refractivity contribution in [1.82, 2.24) is 9.29 Å². The number of thioether (sulfide) groups is 1. The third-order valence-electron chi connectivity index (χ3n) is 3.75. The summed E-state index contributed by atoms with van der Waals surface area (Å²) in [7, 11) is -3.39. The SMILES string of the molecule is O=S(=O)(c1ccc(SCc2ccccc2Cl)nc1)N1CCCC1. The van der Waals surface area contributed by atoms with Crippen molar-refractivity contribution in [3.05, 3.63) is 53.2 Å². The minimum Gasteiger partial charge on any atom is -0.249 e. The molecule has 0 aliphatic carbocycles. The van der Waals surface area contributed by atoms with E-state index in [-0.39, 0.29) is 4.90 Å². The quantitative estimate of drug-likeness (QED) is 0.753. The van der Waals surface area contributed by atoms with Crippen LogP contribution in [0.25, 0.3) is 0 Å². The number of benzene rings is 1. The molecule has 1 aliphatic heterocycles. The Hall–Kier alpha value is -1.08. The second-order valence-corrected chi connectivity index (χ2v) is 8.66. The molecule has 122 valence electrons. The molecule has 7 heteroatoms. The highest BCUT2D eigenvalue weighted by Gasteiger charge is 2.27. The summed E-state index contributed by atoms with van der Waals surface area (Å²) in [5, 5.41) is 1.51. The standard InChI is InChI=1S/C16H17ClN2O2S2/c17-15-6-2-1-5-13(15)12-22-16-8-7-14(11-18-16)23(20,21)19-9-3-4-10-19/h1-2,5-8,11H,3-4,9-10,12H2. The average Bonchev–Trinajstić information content (AvgIpc) is 3.10. The Morgan fingerprint density at radius 3 is 2.52 bits per heavy atom. The van der Waals surface area contributed by atoms with E-state index in [0.29, 0.717) is 18.8 Å². The highest BCUT2D eigenvalue weighted by atomic mass is 35.5. The molecule has 4 nitrogen and oxygen atoms in total. The summed E-state index contributed by atoms with van der Waals surface area (Å²) in [5.41, 5.74) is 1.04. The fourth-order valence-corrected chi connectivity index (χ4v) is 5.04. The second-order valence-electron chi connectivity index (χ2n) is 5.32. The number of aromatic nitrogens is 1. The highest BCUT2D eigenvalue weighted by Crippen LogP contribution is 2.27. The Balaban J connectivity index is 1.69. The molecule has 0 atom stereocenters. The maximum atomic E-state index is 12.4. The minimum absolute atomic E-state index is 0.265. The molecule has 0 unspecified atom stereocenters. The number of nitrogens with zero attached hydrogens (tertiary/aromatic N) is 2. The Morgan fingerprint density at radius 2 is 1.87 bits per heavy atom. The Labute approximate surface area is 145 Å². The summed E-state index contributed by atoms with van der Waals surface area (Å²) in [6, 6.07) is 11.1. The number of hydrogen-bond donors (Lipinski definition) is 0. The maximum absolute atomic E-state index is 12.4. The zero-order valence-corrected chi connectivity index (χ0v) is 14.9. The van der Waals surface area contributed by atoms with Crippen LogP contribution in [0.3, 0.4) is 0 Å². The van der Waals surface area contributed by atoms with Crippen molar-refractivity contribution in [2.75, 3.05) is 13.1 Å². The van der Waals surface area contributed by atoms with Crippen LogP contribution in [0.2, 0.25) is 5.02 Å². The van der Waals surface area contributed by atoms with E-state index in [9.17, 15) is 8.42 Å². The van der Waals surface area contributed by atoms with Crippen LogP contribution in [0.15, 0.2) is 52.5 Å². The zero-order valence-electron chi connectivity index (χ0n) is 12.5. The van der Waals surface area contributed by atoms with Gasteiger partial charge in [0.15, 0.2) is 0 Å². The smallest absolute Gasteiger partial charge is 0.244 e. The molecule has 0 amide bonds. The normalized spacial score (nSPS) is 15.9. The van der Waals surface area contributed by atoms with Gasteiger partial charge in [-0.25, -0.2) is 13.4 Å². The van der Waals surface area contributed by atoms with E-state index in [0.717, 1.165) is 28.5 Å². The van der Waals surface area contributed by atoms with E-state index in [4.69, 9.17) is 11.6 Å². The fraction of sp³-hybridized carbons (Fsp3) is 0.312. The van der Waals surface area contributed by atoms with Gasteiger partial charge in [0, 0.05) is 30.1 Å². The summed E-state index contributed by atoms with van der Waals surface area (Å²) in [6.45, 7) is 1.21. The summed E-state index contributed by atoms with van der Waals surface area (Å²) in [6.07, 6.45) is 3.31. The molecule has 23 heavy (non-hydrogen) atoms. The number of hydrogen-bond acceptors (Lipinski definition) is 4. The van der Waals surface area contributed by atoms with Crippen LogP contribution in [0.1, 0.15) is 18.4 Å². The molecule has 2 heterocycles. The van der Waals surface area contributed by atoms with Crippen molar-refractivity contribution in [2.45, 2.75) is 28.5 Å². The summed E-state index contributed by atoms with van der Waals surface area (Å²) < 4.78 is 26.4. The van der Waals surface area contributed by atoms with Crippen molar-refractivity contribution in [2.24, 2.45) is 0 Å². The lowest BCUT2D eigenvalue weighted by atomic mass is 10.2. The van der Waals surface area contributed by atoms with Crippen LogP contribution in [0.4, 0.5) is 0 Å². The van der Waals surface area contributed by atoms with Crippen LogP contribution >= 0.6 is 23.4 Å². The molecule has 0 spiro atoms. The van der Waals surface area contributed by atoms with E-state index >= 15 is 0 Å². The lowest BCUT2D eigenvalue weighted by Gasteiger charge is -2.15. The van der Waals surface area contributed by atoms with Crippen molar-refractivity contribution in [3.63, 3.8) is 0 Å². The maximum Gasteiger partial charge on any atom is 0.244 e. The van der Waals surface area contributed by atoms with Crippen molar-refractivity contribution in [1.29, 1.82) is 0 Å². The van der Waals surface area contributed by atoms with Crippen LogP contribution < -0.4 is 0 Å². The lowest BCUT2D eigenvalue weighted by molar-refractivity contribution is 0.477. The van der Waals surface area contributed by atoms with E-state index < -0.39 is 10.0 Å². The molecule has 0 N–H and O–H groups in total. The molecule has 1 fully saturated rings. The zero-order chi connectivity index (χ0) is 16.3. The van der Waals surface area contributed by atoms with Gasteiger partial charge in [0.2, 0.25) is 10.0 Å². The molecular weight excluding hydrogens is 352 g/mol. The summed E-state index contributed by atoms with van der Waals surface area (Å²) >= 11 is 7.66. The largest absolute Gasteiger partial charge is 0.249 e. The molecule has 0 bridgehead atoms. The van der Waals surface area contributed by atoms with Gasteiger partial charge in [-0.05, 0) is 36.6 Å². The van der Waals surface area contributed by atoms with Gasteiger partial charge in [-0.1, -0.05) is 29.8 Å². The third-order valence-corrected chi connectivity index (χ3v) is 6.99. The Morgan fingerprint density at radius 1 is 1.13 bits per heavy atom. The highest BCUT2D eigenvalue weighted by molar-refractivity contribution is 7.98. The van der Waals surface area contributed by atoms with Gasteiger partial charge in [0.25, 0.3) is 0 Å². The summed E-state index contributed by atoms with van der Waals surface area (Å²) in [4.78, 5) is 4.54. The number of pyridine rings is 1. The lowest BCUT2D eigenvalue weighted by Crippen LogP contribution is -2.27. The predicted molar refractivity (Wildman–Crippen MR) is 93.2 cm³/mol. The van der Waals surface area contributed by atoms with E-state index in [2.05, 4.69) is 4.98 Å². The van der Waals surface area contributed by atoms with Crippen LogP contribution in [0, 0.1) is 0 Å². The molecule has 2 aromatic rings. The number of sulfonamides is 1. The monoisotopic (exact) mass is 368 g/mol. The van der Waals surface area contributed by atoms with Crippen molar-refractivity contribution < 1.29 is 8.42 Å². The molecule has 1 aliphatic rings. The molecule has 0 radical (unpaired) electrons. The van der Waals surface area contributed by atoms with E-state index in [1.165, 1.54) is 22.3 Å². The predicted octanol–water partition coefficient (Wildman–Crippen LogP) is 3.81. The van der Waals surface area contributed by atoms with Gasteiger partial charge in [-0.3, -0.25) is 0 Å². The van der Waals surface area contributed by atoms with Gasteiger partial charge in [-0.15, -0.1) is 11.8 Å². The molecule has 3 rings (SSSR count). The van der Waals surface area contributed by atoms with Crippen molar-refractivity contribution in [3.8, 4) is 0 Å². The summed E-state index contributed by atoms with van der Waals surface area (Å²) in [5.74, 6) is 0.699. The first-order valence-electron chi connectivity index (χ1n) is 7.40. The number of halogens is 1. The van der Waals surface area contributed by atoms with E-state index in [1.807, 2.05) is 24.3 Å². The van der Waals surface area contributed by atoms with Gasteiger partial charge in [-0.2, -0.15) is 4.31 Å². The topological polar surface area (TPSA) is 50.3 Å². The van der Waals surface area contributed by atoms with Gasteiger partial charge in [0.1, 0.15) is 4.90 Å². The molecule has 1 aromatic heterocycles. The van der Waals surface area contributed by atoms with Crippen LogP contribution in [0.5, 0.6) is 0 Å². The second kappa shape index (κ2) is 7.21. The first-order valence-corrected chi connectivity index (χ1v) is 10.2. The van der Waals surface area contributed by atoms with Gasteiger partial charge >= 0.3 is 0 Å². The minimum atomic E-state index is -3.39. The van der Waals surface area contributed by atoms with Crippen LogP contribution in [-0.4, -0.2) is 30.8 Å². The van der Waals surface area contributed by atoms with Gasteiger partial charge in [0.05, 0.1) is 5.03 Å². The molecule has 0 saturated carbocycles. The first kappa shape index (κ1) is 16.8. The fourth-order valence-electron chi connectivity index (χ4n) is 2.45. The van der Waals surface area contributed by atoms with Crippen LogP contribution in [-0.2, 0) is 15.8 Å². The van der Waals surface area contributed by atoms with Crippen molar-refractivity contribution >= 4 is 33.4 Å². The molecule has 1 saturated heterocycles. The van der Waals surface area contributed by atoms with E-state index in [1.54, 1.807) is 12.1 Å². The Kier molecular flexibility index (Phi) is 5.26. The van der Waals surface area contributed by atoms with Gasteiger partial charge < -0.3 is 0 Å². The average molecular weight is 369 g/mol. The Bertz CT molecular complexity index is 773.